The minimum Gasteiger partial charge on any atom is -0.372 e. The predicted octanol–water partition coefficient (Wildman–Crippen LogP) is 2.33. The van der Waals surface area contributed by atoms with Crippen LogP contribution in [-0.2, 0) is 9.53 Å². The first-order valence-corrected chi connectivity index (χ1v) is 5.65. The molecule has 0 saturated heterocycles. The summed E-state index contributed by atoms with van der Waals surface area (Å²) < 4.78 is 5.39. The smallest absolute Gasteiger partial charge is 0.270 e. The van der Waals surface area contributed by atoms with Gasteiger partial charge in [0.1, 0.15) is 6.61 Å². The number of halogens is 1. The lowest BCUT2D eigenvalue weighted by Gasteiger charge is -2.06. The van der Waals surface area contributed by atoms with Crippen LogP contribution in [0.1, 0.15) is 6.92 Å². The second kappa shape index (κ2) is 6.31. The number of nitrogens with one attached hydrogen (secondary N) is 1. The molecule has 0 heterocycles. The minimum atomic E-state index is -0.503. The van der Waals surface area contributed by atoms with Gasteiger partial charge in [-0.1, -0.05) is 0 Å². The Labute approximate surface area is 106 Å². The molecule has 7 heteroatoms. The van der Waals surface area contributed by atoms with Gasteiger partial charge in [0.05, 0.1) is 10.6 Å². The van der Waals surface area contributed by atoms with E-state index in [1.54, 1.807) is 6.92 Å². The average Bonchev–Trinajstić information content (AvgIpc) is 2.28. The van der Waals surface area contributed by atoms with Crippen molar-refractivity contribution in [2.75, 3.05) is 18.5 Å². The van der Waals surface area contributed by atoms with Crippen molar-refractivity contribution in [2.45, 2.75) is 6.92 Å². The highest BCUT2D eigenvalue weighted by Crippen LogP contribution is 2.26. The van der Waals surface area contributed by atoms with Crippen LogP contribution >= 0.6 is 15.9 Å². The highest BCUT2D eigenvalue weighted by atomic mass is 79.9. The number of anilines is 1. The van der Waals surface area contributed by atoms with Gasteiger partial charge in [-0.15, -0.1) is 0 Å². The Hall–Kier alpha value is -1.47. The van der Waals surface area contributed by atoms with Crippen molar-refractivity contribution < 1.29 is 14.5 Å². The number of nitrogens with zero attached hydrogens (tertiary/aromatic N) is 1. The zero-order chi connectivity index (χ0) is 12.8. The fourth-order valence-electron chi connectivity index (χ4n) is 1.10. The fourth-order valence-corrected chi connectivity index (χ4v) is 1.57. The SMILES string of the molecule is CCOCC(=O)Nc1ccc([N+](=O)[O-])cc1Br. The molecule has 0 aliphatic heterocycles. The van der Waals surface area contributed by atoms with Gasteiger partial charge in [-0.3, -0.25) is 14.9 Å². The Morgan fingerprint density at radius 3 is 2.82 bits per heavy atom. The van der Waals surface area contributed by atoms with Crippen LogP contribution in [-0.4, -0.2) is 24.0 Å². The summed E-state index contributed by atoms with van der Waals surface area (Å²) >= 11 is 3.15. The van der Waals surface area contributed by atoms with E-state index < -0.39 is 4.92 Å². The third-order valence-electron chi connectivity index (χ3n) is 1.87. The number of benzene rings is 1. The second-order valence-corrected chi connectivity index (χ2v) is 3.96. The van der Waals surface area contributed by atoms with Gasteiger partial charge in [0.2, 0.25) is 5.91 Å². The molecule has 0 bridgehead atoms. The highest BCUT2D eigenvalue weighted by molar-refractivity contribution is 9.10. The van der Waals surface area contributed by atoms with E-state index in [4.69, 9.17) is 4.74 Å². The third kappa shape index (κ3) is 4.12. The molecule has 0 atom stereocenters. The van der Waals surface area contributed by atoms with Gasteiger partial charge in [0, 0.05) is 23.2 Å². The molecule has 0 radical (unpaired) electrons. The minimum absolute atomic E-state index is 0.0417. The summed E-state index contributed by atoms with van der Waals surface area (Å²) in [6, 6.07) is 4.11. The quantitative estimate of drug-likeness (QED) is 0.668. The molecule has 17 heavy (non-hydrogen) atoms. The van der Waals surface area contributed by atoms with Crippen molar-refractivity contribution in [3.8, 4) is 0 Å². The first-order valence-electron chi connectivity index (χ1n) is 4.86. The molecule has 0 aromatic heterocycles. The van der Waals surface area contributed by atoms with Crippen LogP contribution in [0.5, 0.6) is 0 Å². The summed E-state index contributed by atoms with van der Waals surface area (Å²) in [5.74, 6) is -0.304. The van der Waals surface area contributed by atoms with E-state index >= 15 is 0 Å². The molecule has 0 saturated carbocycles. The first kappa shape index (κ1) is 13.6. The number of nitro groups is 1. The van der Waals surface area contributed by atoms with Crippen molar-refractivity contribution in [3.05, 3.63) is 32.8 Å². The maximum Gasteiger partial charge on any atom is 0.270 e. The summed E-state index contributed by atoms with van der Waals surface area (Å²) in [5.41, 5.74) is 0.431. The van der Waals surface area contributed by atoms with Crippen LogP contribution < -0.4 is 5.32 Å². The van der Waals surface area contributed by atoms with E-state index in [-0.39, 0.29) is 18.2 Å². The Morgan fingerprint density at radius 2 is 2.29 bits per heavy atom. The zero-order valence-electron chi connectivity index (χ0n) is 9.10. The van der Waals surface area contributed by atoms with Crippen molar-refractivity contribution in [2.24, 2.45) is 0 Å². The van der Waals surface area contributed by atoms with Crippen LogP contribution in [0, 0.1) is 10.1 Å². The van der Waals surface area contributed by atoms with Crippen molar-refractivity contribution in [1.29, 1.82) is 0 Å². The Morgan fingerprint density at radius 1 is 1.59 bits per heavy atom. The molecule has 1 amide bonds. The lowest BCUT2D eigenvalue weighted by Crippen LogP contribution is -2.18. The average molecular weight is 303 g/mol. The summed E-state index contributed by atoms with van der Waals surface area (Å²) in [6.07, 6.45) is 0. The number of hydrogen-bond acceptors (Lipinski definition) is 4. The lowest BCUT2D eigenvalue weighted by atomic mass is 10.3. The largest absolute Gasteiger partial charge is 0.372 e. The van der Waals surface area contributed by atoms with E-state index in [0.29, 0.717) is 16.8 Å². The molecular formula is C10H11BrN2O4. The zero-order valence-corrected chi connectivity index (χ0v) is 10.7. The summed E-state index contributed by atoms with van der Waals surface area (Å²) in [6.45, 7) is 2.20. The standard InChI is InChI=1S/C10H11BrN2O4/c1-2-17-6-10(14)12-9-4-3-7(13(15)16)5-8(9)11/h3-5H,2,6H2,1H3,(H,12,14). The molecular weight excluding hydrogens is 292 g/mol. The van der Waals surface area contributed by atoms with Crippen LogP contribution in [0.15, 0.2) is 22.7 Å². The van der Waals surface area contributed by atoms with Gasteiger partial charge in [-0.05, 0) is 28.9 Å². The number of nitro benzene ring substituents is 1. The van der Waals surface area contributed by atoms with Gasteiger partial charge in [-0.25, -0.2) is 0 Å². The van der Waals surface area contributed by atoms with Gasteiger partial charge in [0.15, 0.2) is 0 Å². The number of rotatable bonds is 5. The number of carbonyl (C=O) groups is 1. The Bertz CT molecular complexity index is 436. The number of non-ortho nitro benzene ring substituents is 1. The van der Waals surface area contributed by atoms with Crippen molar-refractivity contribution in [3.63, 3.8) is 0 Å². The van der Waals surface area contributed by atoms with Gasteiger partial charge >= 0.3 is 0 Å². The normalized spacial score (nSPS) is 10.0. The molecule has 0 spiro atoms. The summed E-state index contributed by atoms with van der Waals surface area (Å²) in [4.78, 5) is 21.4. The number of carbonyl (C=O) groups excluding carboxylic acids is 1. The fraction of sp³-hybridized carbons (Fsp3) is 0.300. The Balaban J connectivity index is 2.72. The summed E-state index contributed by atoms with van der Waals surface area (Å²) in [5, 5.41) is 13.1. The molecule has 1 rings (SSSR count). The molecule has 0 fully saturated rings. The third-order valence-corrected chi connectivity index (χ3v) is 2.53. The maximum atomic E-state index is 11.4. The van der Waals surface area contributed by atoms with E-state index in [9.17, 15) is 14.9 Å². The van der Waals surface area contributed by atoms with Gasteiger partial charge < -0.3 is 10.1 Å². The maximum absolute atomic E-state index is 11.4. The van der Waals surface area contributed by atoms with Crippen LogP contribution in [0.2, 0.25) is 0 Å². The predicted molar refractivity (Wildman–Crippen MR) is 65.9 cm³/mol. The van der Waals surface area contributed by atoms with Gasteiger partial charge in [-0.2, -0.15) is 0 Å². The van der Waals surface area contributed by atoms with Gasteiger partial charge in [0.25, 0.3) is 5.69 Å². The monoisotopic (exact) mass is 302 g/mol. The number of ether oxygens (including phenoxy) is 1. The second-order valence-electron chi connectivity index (χ2n) is 3.11. The van der Waals surface area contributed by atoms with E-state index in [1.165, 1.54) is 18.2 Å². The molecule has 1 N–H and O–H groups in total. The van der Waals surface area contributed by atoms with Crippen LogP contribution in [0.25, 0.3) is 0 Å². The molecule has 0 aliphatic carbocycles. The molecule has 0 aliphatic rings. The molecule has 1 aromatic rings. The molecule has 92 valence electrons. The highest BCUT2D eigenvalue weighted by Gasteiger charge is 2.10. The van der Waals surface area contributed by atoms with Crippen molar-refractivity contribution >= 4 is 33.2 Å². The van der Waals surface area contributed by atoms with Crippen molar-refractivity contribution in [1.82, 2.24) is 0 Å². The van der Waals surface area contributed by atoms with Crippen LogP contribution in [0.4, 0.5) is 11.4 Å². The molecule has 6 nitrogen and oxygen atoms in total. The topological polar surface area (TPSA) is 81.5 Å². The lowest BCUT2D eigenvalue weighted by molar-refractivity contribution is -0.384. The molecule has 1 aromatic carbocycles. The van der Waals surface area contributed by atoms with E-state index in [0.717, 1.165) is 0 Å². The molecule has 0 unspecified atom stereocenters. The van der Waals surface area contributed by atoms with E-state index in [1.807, 2.05) is 0 Å². The summed E-state index contributed by atoms with van der Waals surface area (Å²) in [7, 11) is 0. The van der Waals surface area contributed by atoms with Crippen LogP contribution in [0.3, 0.4) is 0 Å². The Kier molecular flexibility index (Phi) is 5.05. The first-order chi connectivity index (χ1) is 8.04. The van der Waals surface area contributed by atoms with E-state index in [2.05, 4.69) is 21.2 Å². The number of amides is 1. The number of hydrogen-bond donors (Lipinski definition) is 1.